The number of nitrogens with zero attached hydrogens (tertiary/aromatic N) is 3. The zero-order valence-electron chi connectivity index (χ0n) is 20.7. The summed E-state index contributed by atoms with van der Waals surface area (Å²) in [4.78, 5) is 19.7. The zero-order chi connectivity index (χ0) is 26.1. The molecule has 10 heteroatoms. The Labute approximate surface area is 214 Å². The lowest BCUT2D eigenvalue weighted by molar-refractivity contribution is -0.156. The standard InChI is InChI=1S/C26H32F3N3O3S/c1-25(2,3)35-24(34)17-31-12-10-30(11-13-31)15-19(33)16-32-20-6-4-5-7-22(20)36-23-9-8-18(14-21(23)32)26(27,28)29/h4-9,14,19,33H,10-13,15-17H2,1-3H3. The number of rotatable bonds is 6. The van der Waals surface area contributed by atoms with Gasteiger partial charge in [0, 0.05) is 42.5 Å². The van der Waals surface area contributed by atoms with Crippen molar-refractivity contribution >= 4 is 29.1 Å². The molecule has 0 spiro atoms. The molecule has 0 aliphatic carbocycles. The van der Waals surface area contributed by atoms with Crippen LogP contribution in [-0.2, 0) is 15.7 Å². The van der Waals surface area contributed by atoms with E-state index < -0.39 is 23.4 Å². The Balaban J connectivity index is 1.40. The molecule has 196 valence electrons. The van der Waals surface area contributed by atoms with E-state index in [0.717, 1.165) is 21.5 Å². The van der Waals surface area contributed by atoms with Gasteiger partial charge in [0.1, 0.15) is 5.60 Å². The Kier molecular flexibility index (Phi) is 7.89. The van der Waals surface area contributed by atoms with Crippen molar-refractivity contribution in [1.29, 1.82) is 0 Å². The quantitative estimate of drug-likeness (QED) is 0.554. The van der Waals surface area contributed by atoms with Gasteiger partial charge in [0.05, 0.1) is 36.1 Å². The molecule has 0 bridgehead atoms. The number of hydrogen-bond donors (Lipinski definition) is 1. The number of alkyl halides is 3. The number of fused-ring (bicyclic) bond motifs is 2. The number of hydrogen-bond acceptors (Lipinski definition) is 7. The van der Waals surface area contributed by atoms with Crippen molar-refractivity contribution in [3.63, 3.8) is 0 Å². The first-order valence-corrected chi connectivity index (χ1v) is 12.8. The van der Waals surface area contributed by atoms with E-state index in [9.17, 15) is 23.1 Å². The van der Waals surface area contributed by atoms with Crippen molar-refractivity contribution in [3.05, 3.63) is 48.0 Å². The van der Waals surface area contributed by atoms with Gasteiger partial charge in [-0.2, -0.15) is 13.2 Å². The highest BCUT2D eigenvalue weighted by molar-refractivity contribution is 7.99. The molecular formula is C26H32F3N3O3S. The molecule has 2 heterocycles. The average Bonchev–Trinajstić information content (AvgIpc) is 2.78. The van der Waals surface area contributed by atoms with Gasteiger partial charge in [-0.3, -0.25) is 14.6 Å². The van der Waals surface area contributed by atoms with E-state index in [2.05, 4.69) is 4.90 Å². The maximum atomic E-state index is 13.4. The van der Waals surface area contributed by atoms with Gasteiger partial charge in [-0.15, -0.1) is 0 Å². The summed E-state index contributed by atoms with van der Waals surface area (Å²) >= 11 is 1.43. The molecule has 0 amide bonds. The summed E-state index contributed by atoms with van der Waals surface area (Å²) in [6, 6.07) is 11.3. The maximum absolute atomic E-state index is 13.4. The van der Waals surface area contributed by atoms with Crippen LogP contribution in [0.1, 0.15) is 26.3 Å². The van der Waals surface area contributed by atoms with Crippen molar-refractivity contribution in [2.24, 2.45) is 0 Å². The first kappa shape index (κ1) is 26.8. The van der Waals surface area contributed by atoms with Crippen LogP contribution in [0.3, 0.4) is 0 Å². The summed E-state index contributed by atoms with van der Waals surface area (Å²) in [5.41, 5.74) is 0.0146. The number of benzene rings is 2. The second kappa shape index (κ2) is 10.6. The molecular weight excluding hydrogens is 491 g/mol. The summed E-state index contributed by atoms with van der Waals surface area (Å²) in [6.07, 6.45) is -5.22. The zero-order valence-corrected chi connectivity index (χ0v) is 21.5. The number of anilines is 2. The monoisotopic (exact) mass is 523 g/mol. The Bertz CT molecular complexity index is 1080. The molecule has 0 aromatic heterocycles. The topological polar surface area (TPSA) is 56.3 Å². The van der Waals surface area contributed by atoms with Crippen LogP contribution < -0.4 is 4.90 Å². The molecule has 0 saturated carbocycles. The van der Waals surface area contributed by atoms with Crippen molar-refractivity contribution < 1.29 is 27.8 Å². The summed E-state index contributed by atoms with van der Waals surface area (Å²) < 4.78 is 45.7. The molecule has 1 unspecified atom stereocenters. The number of carbonyl (C=O) groups is 1. The lowest BCUT2D eigenvalue weighted by Crippen LogP contribution is -2.51. The van der Waals surface area contributed by atoms with Gasteiger partial charge in [-0.1, -0.05) is 23.9 Å². The summed E-state index contributed by atoms with van der Waals surface area (Å²) in [5.74, 6) is -0.255. The van der Waals surface area contributed by atoms with Crippen molar-refractivity contribution in [1.82, 2.24) is 9.80 Å². The fourth-order valence-corrected chi connectivity index (χ4v) is 5.53. The molecule has 1 atom stereocenters. The van der Waals surface area contributed by atoms with Crippen molar-refractivity contribution in [3.8, 4) is 0 Å². The van der Waals surface area contributed by atoms with Gasteiger partial charge in [-0.05, 0) is 51.1 Å². The van der Waals surface area contributed by atoms with Gasteiger partial charge in [0.25, 0.3) is 0 Å². The van der Waals surface area contributed by atoms with Gasteiger partial charge in [-0.25, -0.2) is 0 Å². The minimum atomic E-state index is -4.44. The third-order valence-electron chi connectivity index (χ3n) is 6.05. The fourth-order valence-electron chi connectivity index (χ4n) is 4.46. The highest BCUT2D eigenvalue weighted by Gasteiger charge is 2.34. The summed E-state index contributed by atoms with van der Waals surface area (Å²) in [6.45, 7) is 9.02. The van der Waals surface area contributed by atoms with E-state index in [1.165, 1.54) is 23.9 Å². The van der Waals surface area contributed by atoms with Crippen LogP contribution in [0.2, 0.25) is 0 Å². The predicted octanol–water partition coefficient (Wildman–Crippen LogP) is 4.63. The highest BCUT2D eigenvalue weighted by Crippen LogP contribution is 2.49. The molecule has 0 radical (unpaired) electrons. The molecule has 1 fully saturated rings. The Morgan fingerprint density at radius 1 is 0.972 bits per heavy atom. The van der Waals surface area contributed by atoms with Gasteiger partial charge < -0.3 is 14.7 Å². The van der Waals surface area contributed by atoms with Crippen LogP contribution in [0.5, 0.6) is 0 Å². The number of ether oxygens (including phenoxy) is 1. The Morgan fingerprint density at radius 3 is 2.28 bits per heavy atom. The third-order valence-corrected chi connectivity index (χ3v) is 7.18. The number of carbonyl (C=O) groups excluding carboxylic acids is 1. The van der Waals surface area contributed by atoms with E-state index in [-0.39, 0.29) is 19.1 Å². The van der Waals surface area contributed by atoms with Gasteiger partial charge >= 0.3 is 12.1 Å². The minimum absolute atomic E-state index is 0.171. The van der Waals surface area contributed by atoms with Crippen molar-refractivity contribution in [2.75, 3.05) is 50.7 Å². The summed E-state index contributed by atoms with van der Waals surface area (Å²) in [7, 11) is 0. The Morgan fingerprint density at radius 2 is 1.61 bits per heavy atom. The molecule has 1 saturated heterocycles. The maximum Gasteiger partial charge on any atom is 0.416 e. The lowest BCUT2D eigenvalue weighted by Gasteiger charge is -2.38. The number of β-amino-alcohol motifs (C(OH)–C–C–N with tert-alkyl or cyclic N) is 1. The molecule has 2 aromatic carbocycles. The fraction of sp³-hybridized carbons (Fsp3) is 0.500. The van der Waals surface area contributed by atoms with E-state index >= 15 is 0 Å². The second-order valence-corrected chi connectivity index (χ2v) is 11.3. The highest BCUT2D eigenvalue weighted by atomic mass is 32.2. The molecule has 1 N–H and O–H groups in total. The number of para-hydroxylation sites is 1. The van der Waals surface area contributed by atoms with Crippen LogP contribution in [-0.4, -0.2) is 78.4 Å². The smallest absolute Gasteiger partial charge is 0.416 e. The molecule has 2 aliphatic rings. The number of aliphatic hydroxyl groups excluding tert-OH is 1. The lowest BCUT2D eigenvalue weighted by atomic mass is 10.1. The number of aliphatic hydroxyl groups is 1. The molecule has 2 aliphatic heterocycles. The van der Waals surface area contributed by atoms with Crippen molar-refractivity contribution in [2.45, 2.75) is 48.4 Å². The first-order valence-electron chi connectivity index (χ1n) is 12.0. The minimum Gasteiger partial charge on any atom is -0.459 e. The van der Waals surface area contributed by atoms with Crippen LogP contribution in [0, 0.1) is 0 Å². The Hall–Kier alpha value is -2.27. The van der Waals surface area contributed by atoms with Crippen LogP contribution in [0.15, 0.2) is 52.3 Å². The first-order chi connectivity index (χ1) is 16.9. The second-order valence-electron chi connectivity index (χ2n) is 10.2. The van der Waals surface area contributed by atoms with Crippen LogP contribution in [0.25, 0.3) is 0 Å². The van der Waals surface area contributed by atoms with E-state index in [1.54, 1.807) is 4.90 Å². The number of piperazine rings is 1. The van der Waals surface area contributed by atoms with Gasteiger partial charge in [0.2, 0.25) is 0 Å². The number of halogens is 3. The van der Waals surface area contributed by atoms with Crippen LogP contribution >= 0.6 is 11.8 Å². The number of esters is 1. The van der Waals surface area contributed by atoms with Crippen LogP contribution in [0.4, 0.5) is 24.5 Å². The summed E-state index contributed by atoms with van der Waals surface area (Å²) in [5, 5.41) is 11.0. The molecule has 2 aromatic rings. The SMILES string of the molecule is CC(C)(C)OC(=O)CN1CCN(CC(O)CN2c3ccccc3Sc3ccc(C(F)(F)F)cc32)CC1. The predicted molar refractivity (Wildman–Crippen MR) is 134 cm³/mol. The average molecular weight is 524 g/mol. The largest absolute Gasteiger partial charge is 0.459 e. The van der Waals surface area contributed by atoms with E-state index in [4.69, 9.17) is 4.74 Å². The molecule has 6 nitrogen and oxygen atoms in total. The normalized spacial score (nSPS) is 17.9. The molecule has 4 rings (SSSR count). The molecule has 36 heavy (non-hydrogen) atoms. The third kappa shape index (κ3) is 6.73. The van der Waals surface area contributed by atoms with E-state index in [0.29, 0.717) is 38.4 Å². The van der Waals surface area contributed by atoms with Gasteiger partial charge in [0.15, 0.2) is 0 Å². The van der Waals surface area contributed by atoms with E-state index in [1.807, 2.05) is 49.9 Å².